The number of carbonyl (C=O) groups excluding carboxylic acids is 4. The lowest BCUT2D eigenvalue weighted by Gasteiger charge is -2.39. The zero-order valence-electron chi connectivity index (χ0n) is 37.9. The number of aryl methyl sites for hydroxylation is 1. The first-order valence-electron chi connectivity index (χ1n) is 22.2. The van der Waals surface area contributed by atoms with E-state index in [4.69, 9.17) is 26.1 Å². The second kappa shape index (κ2) is 22.1. The summed E-state index contributed by atoms with van der Waals surface area (Å²) in [6, 6.07) is 16.0. The maximum absolute atomic E-state index is 14.7. The van der Waals surface area contributed by atoms with E-state index in [0.29, 0.717) is 48.7 Å². The van der Waals surface area contributed by atoms with Gasteiger partial charge in [-0.2, -0.15) is 0 Å². The van der Waals surface area contributed by atoms with Crippen molar-refractivity contribution in [2.75, 3.05) is 31.6 Å². The average molecular weight is 976 g/mol. The molecule has 1 aliphatic carbocycles. The Morgan fingerprint density at radius 3 is 2.48 bits per heavy atom. The number of halogens is 2. The van der Waals surface area contributed by atoms with E-state index in [1.54, 1.807) is 49.9 Å². The van der Waals surface area contributed by atoms with Gasteiger partial charge in [-0.05, 0) is 73.4 Å². The number of aliphatic hydroxyl groups is 1. The molecule has 3 atom stereocenters. The summed E-state index contributed by atoms with van der Waals surface area (Å²) in [5.41, 5.74) is 3.72. The number of anilines is 2. The zero-order chi connectivity index (χ0) is 47.7. The van der Waals surface area contributed by atoms with Crippen LogP contribution in [0.25, 0.3) is 10.4 Å². The fourth-order valence-electron chi connectivity index (χ4n) is 8.46. The van der Waals surface area contributed by atoms with Crippen LogP contribution in [0, 0.1) is 23.6 Å². The Kier molecular flexibility index (Phi) is 16.3. The Bertz CT molecular complexity index is 2500. The van der Waals surface area contributed by atoms with Crippen molar-refractivity contribution in [1.29, 1.82) is 0 Å². The minimum Gasteiger partial charge on any atom is -0.487 e. The number of ether oxygens (including phenoxy) is 2. The van der Waals surface area contributed by atoms with Gasteiger partial charge in [0, 0.05) is 49.7 Å². The average Bonchev–Trinajstić information content (AvgIpc) is 4.08. The number of nitrogens with zero attached hydrogens (tertiary/aromatic N) is 4. The summed E-state index contributed by atoms with van der Waals surface area (Å²) in [4.78, 5) is 70.9. The van der Waals surface area contributed by atoms with Gasteiger partial charge in [-0.3, -0.25) is 19.2 Å². The van der Waals surface area contributed by atoms with Crippen molar-refractivity contribution in [2.24, 2.45) is 10.8 Å². The number of pyridine rings is 1. The Balaban J connectivity index is 0.918. The summed E-state index contributed by atoms with van der Waals surface area (Å²) in [5, 5.41) is 25.1. The minimum absolute atomic E-state index is 0.00277. The van der Waals surface area contributed by atoms with Gasteiger partial charge in [0.1, 0.15) is 24.5 Å². The maximum Gasteiger partial charge on any atom is 0.246 e. The van der Waals surface area contributed by atoms with E-state index in [9.17, 15) is 28.7 Å². The maximum atomic E-state index is 14.7. The van der Waals surface area contributed by atoms with Gasteiger partial charge in [-0.1, -0.05) is 68.8 Å². The topological polar surface area (TPSA) is 197 Å². The van der Waals surface area contributed by atoms with Crippen LogP contribution in [-0.2, 0) is 36.9 Å². The molecule has 1 aliphatic heterocycles. The van der Waals surface area contributed by atoms with Gasteiger partial charge in [0.25, 0.3) is 0 Å². The van der Waals surface area contributed by atoms with E-state index in [1.165, 1.54) is 28.4 Å². The molecule has 0 unspecified atom stereocenters. The van der Waals surface area contributed by atoms with Gasteiger partial charge in [0.2, 0.25) is 23.6 Å². The third-order valence-electron chi connectivity index (χ3n) is 12.1. The number of rotatable bonds is 18. The first-order chi connectivity index (χ1) is 32.1. The Labute approximate surface area is 402 Å². The summed E-state index contributed by atoms with van der Waals surface area (Å²) in [6.45, 7) is 7.25. The van der Waals surface area contributed by atoms with Crippen LogP contribution in [0.15, 0.2) is 77.8 Å². The van der Waals surface area contributed by atoms with Crippen molar-refractivity contribution in [3.05, 3.63) is 106 Å². The van der Waals surface area contributed by atoms with Gasteiger partial charge < -0.3 is 40.7 Å². The Morgan fingerprint density at radius 2 is 1.78 bits per heavy atom. The predicted molar refractivity (Wildman–Crippen MR) is 256 cm³/mol. The number of amides is 4. The first-order valence-corrected chi connectivity index (χ1v) is 24.4. The van der Waals surface area contributed by atoms with E-state index < -0.39 is 59.2 Å². The van der Waals surface area contributed by atoms with Crippen molar-refractivity contribution in [3.63, 3.8) is 0 Å². The number of nitrogens with one attached hydrogen (secondary N) is 4. The quantitative estimate of drug-likeness (QED) is 0.0568. The summed E-state index contributed by atoms with van der Waals surface area (Å²) < 4.78 is 26.4. The molecule has 67 heavy (non-hydrogen) atoms. The van der Waals surface area contributed by atoms with Crippen molar-refractivity contribution >= 4 is 68.9 Å². The molecule has 15 nitrogen and oxygen atoms in total. The third-order valence-corrected chi connectivity index (χ3v) is 14.0. The number of benzene rings is 2. The monoisotopic (exact) mass is 974 g/mol. The number of hydrogen-bond donors (Lipinski definition) is 5. The molecule has 0 radical (unpaired) electrons. The molecule has 4 heterocycles. The molecule has 1 saturated carbocycles. The highest BCUT2D eigenvalue weighted by Crippen LogP contribution is 2.41. The highest BCUT2D eigenvalue weighted by atomic mass is 35.5. The summed E-state index contributed by atoms with van der Waals surface area (Å²) in [5.74, 6) is -1.62. The molecular formula is C48H56ClFN8O7S2. The third kappa shape index (κ3) is 12.7. The highest BCUT2D eigenvalue weighted by molar-refractivity contribution is 7.13. The molecule has 2 aliphatic rings. The molecular weight excluding hydrogens is 919 g/mol. The van der Waals surface area contributed by atoms with Gasteiger partial charge in [-0.15, -0.1) is 22.7 Å². The number of thiazole rings is 2. The highest BCUT2D eigenvalue weighted by Gasteiger charge is 2.45. The second-order valence-corrected chi connectivity index (χ2v) is 20.2. The normalized spacial score (nSPS) is 19.9. The summed E-state index contributed by atoms with van der Waals surface area (Å²) >= 11 is 9.00. The van der Waals surface area contributed by atoms with Gasteiger partial charge in [-0.25, -0.2) is 19.3 Å². The lowest BCUT2D eigenvalue weighted by atomic mass is 9.69. The van der Waals surface area contributed by atoms with Crippen molar-refractivity contribution in [2.45, 2.75) is 97.1 Å². The molecule has 2 aromatic carbocycles. The number of hydrogen-bond acceptors (Lipinski definition) is 13. The van der Waals surface area contributed by atoms with E-state index in [1.807, 2.05) is 54.8 Å². The van der Waals surface area contributed by atoms with Crippen molar-refractivity contribution in [3.8, 4) is 16.2 Å². The van der Waals surface area contributed by atoms with Crippen molar-refractivity contribution in [1.82, 2.24) is 35.8 Å². The Morgan fingerprint density at radius 1 is 1.01 bits per heavy atom. The molecule has 2 fully saturated rings. The molecule has 7 rings (SSSR count). The summed E-state index contributed by atoms with van der Waals surface area (Å²) in [7, 11) is 0. The number of aliphatic hydroxyl groups excluding tert-OH is 1. The molecule has 19 heteroatoms. The van der Waals surface area contributed by atoms with Gasteiger partial charge in [0.05, 0.1) is 45.3 Å². The predicted octanol–water partition coefficient (Wildman–Crippen LogP) is 7.00. The van der Waals surface area contributed by atoms with Crippen molar-refractivity contribution < 1.29 is 38.1 Å². The molecule has 0 spiro atoms. The van der Waals surface area contributed by atoms with E-state index in [2.05, 4.69) is 31.2 Å². The molecule has 4 amide bonds. The van der Waals surface area contributed by atoms with Gasteiger partial charge >= 0.3 is 0 Å². The number of likely N-dealkylation sites (tertiary alicyclic amines) is 1. The van der Waals surface area contributed by atoms with Crippen LogP contribution in [-0.4, -0.2) is 99.2 Å². The molecule has 0 bridgehead atoms. The summed E-state index contributed by atoms with van der Waals surface area (Å²) in [6.07, 6.45) is 2.66. The molecule has 3 aromatic heterocycles. The Hall–Kier alpha value is -5.53. The number of β-amino-alcohol motifs (C(OH)–C–C–N with tert-alkyl or cyclic N) is 1. The fourth-order valence-corrected chi connectivity index (χ4v) is 9.97. The molecule has 1 saturated heterocycles. The molecule has 5 aromatic rings. The lowest BCUT2D eigenvalue weighted by molar-refractivity contribution is -0.144. The van der Waals surface area contributed by atoms with E-state index in [0.717, 1.165) is 21.7 Å². The number of aromatic nitrogens is 3. The zero-order valence-corrected chi connectivity index (χ0v) is 40.2. The second-order valence-electron chi connectivity index (χ2n) is 18.1. The number of carbonyl (C=O) groups is 4. The lowest BCUT2D eigenvalue weighted by Crippen LogP contribution is -2.58. The van der Waals surface area contributed by atoms with Crippen LogP contribution < -0.4 is 26.0 Å². The van der Waals surface area contributed by atoms with Crippen LogP contribution in [0.3, 0.4) is 0 Å². The van der Waals surface area contributed by atoms with Crippen LogP contribution >= 0.6 is 34.3 Å². The van der Waals surface area contributed by atoms with Gasteiger partial charge in [0.15, 0.2) is 16.7 Å². The minimum atomic E-state index is -1.04. The van der Waals surface area contributed by atoms with E-state index >= 15 is 0 Å². The largest absolute Gasteiger partial charge is 0.487 e. The SMILES string of the molecule is Cc1ncsc1-c1ccc(CNC(=O)[C@@H]2C[C@@H](O)CN2C(=O)[C@@H](NC(=O)COCCNC(=O)[C@]2(Cc3cccc(Nc4nccs4)n3)CC[C@@H](Oc3cccc(Cl)c3F)CC2)C(C)(C)C)cc1. The standard InChI is InChI=1S/C48H56ClFN8O7S2/c1-29-41(67-28-54-29)31-13-11-30(12-14-31)25-53-43(61)36-23-33(59)26-58(36)44(62)42(47(2,3)4)57-39(60)27-64-21-19-51-45(63)48(24-32-7-5-10-38(55-32)56-46-52-20-22-66-46)17-15-34(16-18-48)65-37-9-6-8-35(49)40(37)50/h5-14,20,22,28,33-34,36,42,59H,15-19,21,23-27H2,1-4H3,(H,51,63)(H,53,61)(H,57,60)(H,52,55,56)/t33-,34-,36+,42-,48-/m1/s1. The molecule has 356 valence electrons. The fraction of sp³-hybridized carbons (Fsp3) is 0.438. The van der Waals surface area contributed by atoms with E-state index in [-0.39, 0.29) is 55.4 Å². The molecule has 5 N–H and O–H groups in total. The first kappa shape index (κ1) is 49.4. The smallest absolute Gasteiger partial charge is 0.246 e. The van der Waals surface area contributed by atoms with Crippen LogP contribution in [0.5, 0.6) is 5.75 Å². The van der Waals surface area contributed by atoms with Crippen LogP contribution in [0.4, 0.5) is 15.3 Å². The van der Waals surface area contributed by atoms with Crippen LogP contribution in [0.2, 0.25) is 5.02 Å². The van der Waals surface area contributed by atoms with Crippen LogP contribution in [0.1, 0.15) is 69.8 Å².